The summed E-state index contributed by atoms with van der Waals surface area (Å²) in [6.07, 6.45) is 3.18. The Labute approximate surface area is 92.4 Å². The molecule has 0 atom stereocenters. The van der Waals surface area contributed by atoms with Gasteiger partial charge in [0.1, 0.15) is 0 Å². The van der Waals surface area contributed by atoms with E-state index in [1.807, 2.05) is 11.9 Å². The van der Waals surface area contributed by atoms with Crippen LogP contribution in [-0.4, -0.2) is 48.4 Å². The van der Waals surface area contributed by atoms with Gasteiger partial charge in [0.25, 0.3) is 0 Å². The smallest absolute Gasteiger partial charge is 0.222 e. The average Bonchev–Trinajstić information content (AvgIpc) is 2.43. The normalized spacial score (nSPS) is 26.9. The lowest BCUT2D eigenvalue weighted by Crippen LogP contribution is -2.44. The van der Waals surface area contributed by atoms with Crippen molar-refractivity contribution in [2.75, 3.05) is 26.7 Å². The van der Waals surface area contributed by atoms with E-state index in [0.29, 0.717) is 17.4 Å². The summed E-state index contributed by atoms with van der Waals surface area (Å²) in [7, 11) is 1.94. The number of likely N-dealkylation sites (tertiary alicyclic amines) is 2. The monoisotopic (exact) mass is 210 g/mol. The third-order valence-electron chi connectivity index (χ3n) is 4.11. The van der Waals surface area contributed by atoms with E-state index in [1.165, 1.54) is 25.9 Å². The van der Waals surface area contributed by atoms with Gasteiger partial charge in [0.2, 0.25) is 5.91 Å². The van der Waals surface area contributed by atoms with Crippen molar-refractivity contribution in [2.24, 2.45) is 5.41 Å². The molecule has 0 aromatic heterocycles. The van der Waals surface area contributed by atoms with Crippen LogP contribution in [0, 0.1) is 5.41 Å². The molecule has 0 aromatic carbocycles. The van der Waals surface area contributed by atoms with Crippen molar-refractivity contribution in [3.63, 3.8) is 0 Å². The van der Waals surface area contributed by atoms with Gasteiger partial charge < -0.3 is 9.80 Å². The molecule has 0 bridgehead atoms. The molecular formula is C12H22N2O. The van der Waals surface area contributed by atoms with E-state index in [1.54, 1.807) is 0 Å². The van der Waals surface area contributed by atoms with E-state index < -0.39 is 0 Å². The van der Waals surface area contributed by atoms with Gasteiger partial charge in [-0.3, -0.25) is 4.79 Å². The zero-order valence-electron chi connectivity index (χ0n) is 10.1. The molecule has 0 unspecified atom stereocenters. The maximum atomic E-state index is 11.6. The Morgan fingerprint density at radius 1 is 1.27 bits per heavy atom. The highest BCUT2D eigenvalue weighted by Crippen LogP contribution is 2.40. The predicted octanol–water partition coefficient (Wildman–Crippen LogP) is 1.34. The van der Waals surface area contributed by atoms with Gasteiger partial charge in [-0.2, -0.15) is 0 Å². The van der Waals surface area contributed by atoms with Crippen LogP contribution in [0.2, 0.25) is 0 Å². The standard InChI is InChI=1S/C12H22N2O/c1-10(2)14-6-4-12(5-7-14)8-11(15)13(3)9-12/h10H,4-9H2,1-3H3. The summed E-state index contributed by atoms with van der Waals surface area (Å²) >= 11 is 0. The van der Waals surface area contributed by atoms with Gasteiger partial charge in [-0.25, -0.2) is 0 Å². The molecule has 0 aliphatic carbocycles. The first-order valence-electron chi connectivity index (χ1n) is 6.00. The topological polar surface area (TPSA) is 23.6 Å². The van der Waals surface area contributed by atoms with E-state index in [4.69, 9.17) is 0 Å². The van der Waals surface area contributed by atoms with Crippen molar-refractivity contribution in [3.8, 4) is 0 Å². The molecular weight excluding hydrogens is 188 g/mol. The molecule has 3 heteroatoms. The number of hydrogen-bond donors (Lipinski definition) is 0. The molecule has 1 spiro atoms. The van der Waals surface area contributed by atoms with Gasteiger partial charge in [-0.15, -0.1) is 0 Å². The number of nitrogens with zero attached hydrogens (tertiary/aromatic N) is 2. The van der Waals surface area contributed by atoms with Crippen molar-refractivity contribution < 1.29 is 4.79 Å². The third-order valence-corrected chi connectivity index (χ3v) is 4.11. The fourth-order valence-electron chi connectivity index (χ4n) is 2.95. The number of piperidine rings is 1. The first-order valence-corrected chi connectivity index (χ1v) is 6.00. The summed E-state index contributed by atoms with van der Waals surface area (Å²) in [4.78, 5) is 16.0. The van der Waals surface area contributed by atoms with Crippen LogP contribution in [0.15, 0.2) is 0 Å². The highest BCUT2D eigenvalue weighted by Gasteiger charge is 2.43. The molecule has 0 N–H and O–H groups in total. The minimum absolute atomic E-state index is 0.317. The van der Waals surface area contributed by atoms with Crippen LogP contribution in [0.5, 0.6) is 0 Å². The Kier molecular flexibility index (Phi) is 2.75. The maximum Gasteiger partial charge on any atom is 0.222 e. The van der Waals surface area contributed by atoms with Gasteiger partial charge in [-0.1, -0.05) is 0 Å². The Balaban J connectivity index is 1.96. The highest BCUT2D eigenvalue weighted by atomic mass is 16.2. The predicted molar refractivity (Wildman–Crippen MR) is 60.6 cm³/mol. The quantitative estimate of drug-likeness (QED) is 0.652. The van der Waals surface area contributed by atoms with Gasteiger partial charge in [-0.05, 0) is 45.2 Å². The zero-order chi connectivity index (χ0) is 11.1. The Morgan fingerprint density at radius 3 is 2.27 bits per heavy atom. The van der Waals surface area contributed by atoms with Crippen LogP contribution >= 0.6 is 0 Å². The summed E-state index contributed by atoms with van der Waals surface area (Å²) in [5, 5.41) is 0. The Bertz CT molecular complexity index is 254. The van der Waals surface area contributed by atoms with Crippen LogP contribution in [0.1, 0.15) is 33.1 Å². The third kappa shape index (κ3) is 2.03. The molecule has 0 radical (unpaired) electrons. The maximum absolute atomic E-state index is 11.6. The Morgan fingerprint density at radius 2 is 1.87 bits per heavy atom. The molecule has 3 nitrogen and oxygen atoms in total. The van der Waals surface area contributed by atoms with E-state index in [-0.39, 0.29) is 0 Å². The molecule has 1 amide bonds. The summed E-state index contributed by atoms with van der Waals surface area (Å²) in [5.74, 6) is 0.341. The van der Waals surface area contributed by atoms with E-state index in [2.05, 4.69) is 18.7 Å². The second-order valence-electron chi connectivity index (χ2n) is 5.56. The number of carbonyl (C=O) groups excluding carboxylic acids is 1. The van der Waals surface area contributed by atoms with Crippen LogP contribution in [0.3, 0.4) is 0 Å². The second-order valence-corrected chi connectivity index (χ2v) is 5.56. The van der Waals surface area contributed by atoms with Crippen LogP contribution in [-0.2, 0) is 4.79 Å². The minimum atomic E-state index is 0.317. The first kappa shape index (κ1) is 10.9. The van der Waals surface area contributed by atoms with Crippen LogP contribution < -0.4 is 0 Å². The van der Waals surface area contributed by atoms with E-state index in [9.17, 15) is 4.79 Å². The molecule has 15 heavy (non-hydrogen) atoms. The average molecular weight is 210 g/mol. The highest BCUT2D eigenvalue weighted by molar-refractivity contribution is 5.79. The summed E-state index contributed by atoms with van der Waals surface area (Å²) in [6.45, 7) is 7.82. The number of carbonyl (C=O) groups is 1. The van der Waals surface area contributed by atoms with Crippen LogP contribution in [0.25, 0.3) is 0 Å². The van der Waals surface area contributed by atoms with Gasteiger partial charge >= 0.3 is 0 Å². The molecule has 2 fully saturated rings. The number of rotatable bonds is 1. The summed E-state index contributed by atoms with van der Waals surface area (Å²) < 4.78 is 0. The van der Waals surface area contributed by atoms with Crippen molar-refractivity contribution in [1.29, 1.82) is 0 Å². The summed E-state index contributed by atoms with van der Waals surface area (Å²) in [5.41, 5.74) is 0.317. The second kappa shape index (κ2) is 3.78. The largest absolute Gasteiger partial charge is 0.345 e. The summed E-state index contributed by atoms with van der Waals surface area (Å²) in [6, 6.07) is 0.650. The lowest BCUT2D eigenvalue weighted by Gasteiger charge is -2.40. The zero-order valence-corrected chi connectivity index (χ0v) is 10.1. The molecule has 2 heterocycles. The SMILES string of the molecule is CC(C)N1CCC2(CC1)CC(=O)N(C)C2. The van der Waals surface area contributed by atoms with Crippen molar-refractivity contribution >= 4 is 5.91 Å². The molecule has 2 aliphatic heterocycles. The van der Waals surface area contributed by atoms with Gasteiger partial charge in [0.05, 0.1) is 0 Å². The lowest BCUT2D eigenvalue weighted by atomic mass is 9.77. The first-order chi connectivity index (χ1) is 7.02. The number of hydrogen-bond acceptors (Lipinski definition) is 2. The van der Waals surface area contributed by atoms with Crippen LogP contribution in [0.4, 0.5) is 0 Å². The van der Waals surface area contributed by atoms with Crippen molar-refractivity contribution in [2.45, 2.75) is 39.2 Å². The van der Waals surface area contributed by atoms with E-state index in [0.717, 1.165) is 13.0 Å². The molecule has 2 rings (SSSR count). The van der Waals surface area contributed by atoms with E-state index >= 15 is 0 Å². The lowest BCUT2D eigenvalue weighted by molar-refractivity contribution is -0.126. The molecule has 2 saturated heterocycles. The van der Waals surface area contributed by atoms with Crippen molar-refractivity contribution in [1.82, 2.24) is 9.80 Å². The number of amides is 1. The fraction of sp³-hybridized carbons (Fsp3) is 0.917. The van der Waals surface area contributed by atoms with Gasteiger partial charge in [0, 0.05) is 26.1 Å². The molecule has 2 aliphatic rings. The van der Waals surface area contributed by atoms with Gasteiger partial charge in [0.15, 0.2) is 0 Å². The molecule has 86 valence electrons. The van der Waals surface area contributed by atoms with Crippen molar-refractivity contribution in [3.05, 3.63) is 0 Å². The fourth-order valence-corrected chi connectivity index (χ4v) is 2.95. The Hall–Kier alpha value is -0.570. The molecule has 0 aromatic rings. The minimum Gasteiger partial charge on any atom is -0.345 e. The molecule has 0 saturated carbocycles.